The average molecular weight is 1150 g/mol. The molecule has 4 nitrogen and oxygen atoms in total. The van der Waals surface area contributed by atoms with Gasteiger partial charge in [0.15, 0.2) is 0 Å². The molecule has 0 saturated heterocycles. The first-order valence-corrected chi connectivity index (χ1v) is 24.3. The third-order valence-corrected chi connectivity index (χ3v) is 11.7. The molecule has 0 amide bonds. The van der Waals surface area contributed by atoms with Crippen LogP contribution in [-0.2, 0) is 0 Å². The average Bonchev–Trinajstić information content (AvgIpc) is 3.26. The Balaban J connectivity index is 0.000000271. The maximum absolute atomic E-state index is 10.3. The van der Waals surface area contributed by atoms with Crippen molar-refractivity contribution in [2.24, 2.45) is 0 Å². The number of hydrogen-bond donors (Lipinski definition) is 1. The Hall–Kier alpha value is -5.84. The lowest BCUT2D eigenvalue weighted by molar-refractivity contribution is 0.112. The van der Waals surface area contributed by atoms with Crippen LogP contribution < -0.4 is 15.5 Å². The quantitative estimate of drug-likeness (QED) is 0.116. The minimum Gasteiger partial charge on any atom is -0.399 e. The first kappa shape index (κ1) is 53.8. The van der Waals surface area contributed by atoms with Crippen LogP contribution in [0.2, 0.25) is 0 Å². The normalized spacial score (nSPS) is 9.99. The van der Waals surface area contributed by atoms with Crippen molar-refractivity contribution < 1.29 is 9.50 Å². The molecule has 8 aromatic rings. The Kier molecular flexibility index (Phi) is 21.3. The number of aryl methyl sites for hydroxylation is 5. The molecule has 0 radical (unpaired) electrons. The van der Waals surface area contributed by atoms with Crippen LogP contribution in [0.15, 0.2) is 207 Å². The molecule has 0 bridgehead atoms. The number of carbonyl (C=O) groups excluding carboxylic acids is 1. The Morgan fingerprint density at radius 1 is 0.388 bits per heavy atom. The maximum Gasteiger partial charge on any atom is 0.150 e. The molecule has 0 aliphatic heterocycles. The number of hydrogen-bond acceptors (Lipinski definition) is 4. The van der Waals surface area contributed by atoms with E-state index in [1.165, 1.54) is 27.8 Å². The van der Waals surface area contributed by atoms with E-state index in [1.807, 2.05) is 67.6 Å². The summed E-state index contributed by atoms with van der Waals surface area (Å²) in [7, 11) is 0. The molecule has 0 fully saturated rings. The zero-order valence-corrected chi connectivity index (χ0v) is 44.5. The number of rotatable bonds is 9. The van der Waals surface area contributed by atoms with Crippen LogP contribution in [0.25, 0.3) is 12.2 Å². The fraction of sp³-hybridized carbons (Fsp3) is 0.0862. The maximum atomic E-state index is 10.3. The summed E-state index contributed by atoms with van der Waals surface area (Å²) in [4.78, 5) is 14.9. The molecule has 0 saturated carbocycles. The van der Waals surface area contributed by atoms with E-state index in [4.69, 9.17) is 5.73 Å². The molecule has 67 heavy (non-hydrogen) atoms. The van der Waals surface area contributed by atoms with Crippen molar-refractivity contribution in [3.8, 4) is 0 Å². The van der Waals surface area contributed by atoms with E-state index in [2.05, 4.69) is 230 Å². The Labute approximate surface area is 429 Å². The van der Waals surface area contributed by atoms with Gasteiger partial charge in [0.05, 0.1) is 0 Å². The van der Waals surface area contributed by atoms with Crippen molar-refractivity contribution >= 4 is 122 Å². The fourth-order valence-electron chi connectivity index (χ4n) is 6.96. The predicted molar refractivity (Wildman–Crippen MR) is 302 cm³/mol. The third kappa shape index (κ3) is 16.8. The highest BCUT2D eigenvalue weighted by molar-refractivity contribution is 9.11. The number of halogens is 5. The van der Waals surface area contributed by atoms with Gasteiger partial charge in [-0.1, -0.05) is 150 Å². The summed E-state index contributed by atoms with van der Waals surface area (Å²) < 4.78 is 3.95. The fourth-order valence-corrected chi connectivity index (χ4v) is 9.62. The van der Waals surface area contributed by atoms with E-state index in [0.29, 0.717) is 5.56 Å². The second kappa shape index (κ2) is 26.5. The number of nitrogens with zero attached hydrogens (tertiary/aromatic N) is 2. The molecular weight excluding hydrogens is 1090 g/mol. The molecule has 0 aromatic heterocycles. The summed E-state index contributed by atoms with van der Waals surface area (Å²) in [6, 6.07) is 60.6. The van der Waals surface area contributed by atoms with Gasteiger partial charge in [-0.05, 0) is 189 Å². The van der Waals surface area contributed by atoms with Crippen molar-refractivity contribution in [2.75, 3.05) is 15.5 Å². The lowest BCUT2D eigenvalue weighted by atomic mass is 10.1. The van der Waals surface area contributed by atoms with Gasteiger partial charge in [-0.2, -0.15) is 0 Å². The molecule has 0 aliphatic carbocycles. The number of benzene rings is 8. The second-order valence-electron chi connectivity index (χ2n) is 15.7. The Morgan fingerprint density at radius 3 is 0.955 bits per heavy atom. The Morgan fingerprint density at radius 2 is 0.687 bits per heavy atom. The number of nitrogen functional groups attached to an aromatic ring is 1. The highest BCUT2D eigenvalue weighted by Gasteiger charge is 2.19. The summed E-state index contributed by atoms with van der Waals surface area (Å²) in [5, 5.41) is 0. The molecule has 0 unspecified atom stereocenters. The second-order valence-corrected chi connectivity index (χ2v) is 19.3. The summed E-state index contributed by atoms with van der Waals surface area (Å²) in [5.41, 5.74) is 21.9. The van der Waals surface area contributed by atoms with Gasteiger partial charge in [0.1, 0.15) is 6.29 Å². The number of anilines is 7. The summed E-state index contributed by atoms with van der Waals surface area (Å²) in [6.45, 7) is 18.4. The SMILES string of the molecule is C=Cc1cc(Br)cc(Br)c1.C=Cc1cc(N(c2cccc(C)c2)c2cccc(C)c2)cc(N(c2cccc(C)c2)c2cccc(C)c2)c1.Cc1cccc(N)c1.F.O=Cc1cc(Br)cc(Br)c1. The van der Waals surface area contributed by atoms with E-state index in [0.717, 1.165) is 75.1 Å². The van der Waals surface area contributed by atoms with E-state index in [-0.39, 0.29) is 4.70 Å². The van der Waals surface area contributed by atoms with Gasteiger partial charge in [0.2, 0.25) is 0 Å². The van der Waals surface area contributed by atoms with Gasteiger partial charge < -0.3 is 15.5 Å². The molecule has 8 rings (SSSR count). The first-order valence-electron chi connectivity index (χ1n) is 21.1. The van der Waals surface area contributed by atoms with Gasteiger partial charge in [-0.15, -0.1) is 0 Å². The largest absolute Gasteiger partial charge is 0.399 e. The molecule has 0 aliphatic rings. The summed E-state index contributed by atoms with van der Waals surface area (Å²) >= 11 is 13.3. The van der Waals surface area contributed by atoms with Crippen molar-refractivity contribution in [1.82, 2.24) is 0 Å². The van der Waals surface area contributed by atoms with Gasteiger partial charge in [-0.25, -0.2) is 0 Å². The number of carbonyl (C=O) groups is 1. The van der Waals surface area contributed by atoms with Crippen molar-refractivity contribution in [3.63, 3.8) is 0 Å². The lowest BCUT2D eigenvalue weighted by Gasteiger charge is -2.30. The zero-order chi connectivity index (χ0) is 47.8. The monoisotopic (exact) mass is 1140 g/mol. The molecule has 342 valence electrons. The van der Waals surface area contributed by atoms with Crippen LogP contribution in [0.4, 0.5) is 44.5 Å². The third-order valence-electron chi connectivity index (χ3n) is 9.90. The van der Waals surface area contributed by atoms with Crippen molar-refractivity contribution in [1.29, 1.82) is 0 Å². The standard InChI is InChI=1S/C36H34N2.C8H6Br2.C7H4Br2O.C7H9N.FH/c1-6-30-23-35(37(31-15-7-11-26(2)19-31)32-16-8-12-27(3)20-32)25-36(24-30)38(33-17-9-13-28(4)21-33)34-18-10-14-29(5)22-34;1-2-6-3-7(9)5-8(10)4-6;8-6-1-5(4-10)2-7(9)3-6;1-6-3-2-4-7(8)5-6;/h6-25H,1H2,2-5H3;2-5H,1H2;1-4H;2-5H,8H2,1H3;1H. The van der Waals surface area contributed by atoms with Gasteiger partial charge >= 0.3 is 0 Å². The van der Waals surface area contributed by atoms with E-state index < -0.39 is 0 Å². The number of aldehydes is 1. The molecule has 2 N–H and O–H groups in total. The molecule has 9 heteroatoms. The van der Waals surface area contributed by atoms with Gasteiger partial charge in [0.25, 0.3) is 0 Å². The zero-order valence-electron chi connectivity index (χ0n) is 38.2. The molecular formula is C58H54Br4FN3O. The van der Waals surface area contributed by atoms with Gasteiger partial charge in [-0.3, -0.25) is 9.50 Å². The van der Waals surface area contributed by atoms with Crippen LogP contribution in [0.5, 0.6) is 0 Å². The van der Waals surface area contributed by atoms with Crippen LogP contribution in [0.3, 0.4) is 0 Å². The van der Waals surface area contributed by atoms with Crippen LogP contribution in [0, 0.1) is 34.6 Å². The topological polar surface area (TPSA) is 49.6 Å². The smallest absolute Gasteiger partial charge is 0.150 e. The van der Waals surface area contributed by atoms with Crippen LogP contribution in [-0.4, -0.2) is 6.29 Å². The number of nitrogens with two attached hydrogens (primary N) is 1. The first-order chi connectivity index (χ1) is 31.6. The molecule has 0 atom stereocenters. The summed E-state index contributed by atoms with van der Waals surface area (Å²) in [5.74, 6) is 0. The predicted octanol–water partition coefficient (Wildman–Crippen LogP) is 19.1. The highest BCUT2D eigenvalue weighted by atomic mass is 79.9. The van der Waals surface area contributed by atoms with Crippen LogP contribution in [0.1, 0.15) is 49.3 Å². The Bertz CT molecular complexity index is 2620. The van der Waals surface area contributed by atoms with Crippen LogP contribution >= 0.6 is 63.7 Å². The van der Waals surface area contributed by atoms with E-state index >= 15 is 0 Å². The molecule has 0 spiro atoms. The minimum atomic E-state index is 0. The highest BCUT2D eigenvalue weighted by Crippen LogP contribution is 2.42. The minimum absolute atomic E-state index is 0. The van der Waals surface area contributed by atoms with E-state index in [1.54, 1.807) is 12.1 Å². The molecule has 0 heterocycles. The van der Waals surface area contributed by atoms with Crippen molar-refractivity contribution in [3.05, 3.63) is 251 Å². The molecule has 8 aromatic carbocycles. The van der Waals surface area contributed by atoms with Crippen molar-refractivity contribution in [2.45, 2.75) is 34.6 Å². The lowest BCUT2D eigenvalue weighted by Crippen LogP contribution is -2.14. The summed E-state index contributed by atoms with van der Waals surface area (Å²) in [6.07, 6.45) is 4.56. The van der Waals surface area contributed by atoms with Gasteiger partial charge in [0, 0.05) is 63.3 Å². The van der Waals surface area contributed by atoms with E-state index in [9.17, 15) is 4.79 Å².